The fourth-order valence-corrected chi connectivity index (χ4v) is 4.14. The lowest BCUT2D eigenvalue weighted by Gasteiger charge is -2.26. The van der Waals surface area contributed by atoms with E-state index in [2.05, 4.69) is 20.3 Å². The van der Waals surface area contributed by atoms with Gasteiger partial charge in [0.15, 0.2) is 11.3 Å². The van der Waals surface area contributed by atoms with Gasteiger partial charge in [0.2, 0.25) is 0 Å². The number of amides is 1. The number of halogens is 1. The smallest absolute Gasteiger partial charge is 0.277 e. The Bertz CT molecular complexity index is 1250. The number of benzene rings is 1. The molecule has 4 aromatic rings. The van der Waals surface area contributed by atoms with Gasteiger partial charge in [-0.3, -0.25) is 4.79 Å². The maximum atomic E-state index is 13.8. The van der Waals surface area contributed by atoms with Crippen LogP contribution in [0, 0.1) is 5.82 Å². The summed E-state index contributed by atoms with van der Waals surface area (Å²) in [6, 6.07) is 12.2. The predicted octanol–water partition coefficient (Wildman–Crippen LogP) is 3.68. The topological polar surface area (TPSA) is 80.3 Å². The Balaban J connectivity index is 1.46. The normalized spacial score (nSPS) is 16.2. The number of hydrogen-bond acceptors (Lipinski definition) is 5. The fraction of sp³-hybridized carbons (Fsp3) is 0.273. The molecular weight excluding hydrogens is 397 g/mol. The Morgan fingerprint density at radius 3 is 3.00 bits per heavy atom. The summed E-state index contributed by atoms with van der Waals surface area (Å²) in [5.74, 6) is 0.789. The van der Waals surface area contributed by atoms with Gasteiger partial charge in [-0.25, -0.2) is 18.6 Å². The van der Waals surface area contributed by atoms with E-state index in [4.69, 9.17) is 5.10 Å². The fourth-order valence-electron chi connectivity index (χ4n) is 4.14. The molecule has 1 N–H and O–H groups in total. The summed E-state index contributed by atoms with van der Waals surface area (Å²) >= 11 is 0. The van der Waals surface area contributed by atoms with E-state index in [0.717, 1.165) is 30.8 Å². The van der Waals surface area contributed by atoms with Crippen molar-refractivity contribution in [1.82, 2.24) is 24.4 Å². The lowest BCUT2D eigenvalue weighted by molar-refractivity contribution is 0.101. The number of carbonyl (C=O) groups is 1. The first-order valence-corrected chi connectivity index (χ1v) is 10.3. The second kappa shape index (κ2) is 7.82. The number of aromatic nitrogens is 5. The molecule has 1 aliphatic heterocycles. The molecule has 158 valence electrons. The third kappa shape index (κ3) is 3.52. The SMILES string of the molecule is CCn1nccc1NC(=O)c1cnc2ccc(N3CCC[C@@H]3c3cccc(F)c3)nn12. The van der Waals surface area contributed by atoms with Gasteiger partial charge in [-0.15, -0.1) is 5.10 Å². The first kappa shape index (κ1) is 19.2. The summed E-state index contributed by atoms with van der Waals surface area (Å²) in [5, 5.41) is 11.8. The third-order valence-electron chi connectivity index (χ3n) is 5.62. The molecule has 1 aliphatic rings. The van der Waals surface area contributed by atoms with Gasteiger partial charge < -0.3 is 10.2 Å². The molecule has 0 unspecified atom stereocenters. The van der Waals surface area contributed by atoms with E-state index in [9.17, 15) is 9.18 Å². The lowest BCUT2D eigenvalue weighted by Crippen LogP contribution is -2.25. The zero-order valence-electron chi connectivity index (χ0n) is 17.1. The number of imidazole rings is 1. The summed E-state index contributed by atoms with van der Waals surface area (Å²) in [6.07, 6.45) is 5.06. The Morgan fingerprint density at radius 2 is 2.16 bits per heavy atom. The monoisotopic (exact) mass is 419 g/mol. The van der Waals surface area contributed by atoms with Crippen molar-refractivity contribution >= 4 is 23.2 Å². The summed E-state index contributed by atoms with van der Waals surface area (Å²) in [6.45, 7) is 3.41. The highest BCUT2D eigenvalue weighted by molar-refractivity contribution is 6.02. The Labute approximate surface area is 178 Å². The molecule has 4 heterocycles. The van der Waals surface area contributed by atoms with Crippen molar-refractivity contribution < 1.29 is 9.18 Å². The molecule has 5 rings (SSSR count). The minimum absolute atomic E-state index is 0.0420. The van der Waals surface area contributed by atoms with Crippen LogP contribution in [0.15, 0.2) is 54.9 Å². The van der Waals surface area contributed by atoms with Gasteiger partial charge in [-0.2, -0.15) is 5.10 Å². The number of nitrogens with zero attached hydrogens (tertiary/aromatic N) is 6. The summed E-state index contributed by atoms with van der Waals surface area (Å²) in [4.78, 5) is 19.4. The Morgan fingerprint density at radius 1 is 1.26 bits per heavy atom. The molecule has 3 aromatic heterocycles. The van der Waals surface area contributed by atoms with Crippen LogP contribution in [0.25, 0.3) is 5.65 Å². The minimum Gasteiger partial charge on any atom is -0.348 e. The molecule has 31 heavy (non-hydrogen) atoms. The number of fused-ring (bicyclic) bond motifs is 1. The van der Waals surface area contributed by atoms with Crippen LogP contribution in [0.4, 0.5) is 16.0 Å². The molecule has 0 bridgehead atoms. The van der Waals surface area contributed by atoms with Gasteiger partial charge >= 0.3 is 0 Å². The van der Waals surface area contributed by atoms with Crippen LogP contribution in [-0.4, -0.2) is 36.8 Å². The maximum absolute atomic E-state index is 13.8. The Kier molecular flexibility index (Phi) is 4.85. The Hall–Kier alpha value is -3.75. The molecule has 0 aliphatic carbocycles. The van der Waals surface area contributed by atoms with E-state index in [0.29, 0.717) is 23.7 Å². The van der Waals surface area contributed by atoms with Crippen LogP contribution in [0.2, 0.25) is 0 Å². The van der Waals surface area contributed by atoms with Crippen molar-refractivity contribution in [2.45, 2.75) is 32.4 Å². The maximum Gasteiger partial charge on any atom is 0.277 e. The molecule has 0 saturated carbocycles. The standard InChI is InChI=1S/C22H22FN7O/c1-2-29-20(10-11-25-29)26-22(31)18-14-24-19-8-9-21(27-30(18)19)28-12-4-7-17(28)15-5-3-6-16(23)13-15/h3,5-6,8-11,13-14,17H,2,4,7,12H2,1H3,(H,26,31)/t17-/m1/s1. The van der Waals surface area contributed by atoms with Crippen LogP contribution < -0.4 is 10.2 Å². The average molecular weight is 419 g/mol. The average Bonchev–Trinajstić information content (AvgIpc) is 3.52. The van der Waals surface area contributed by atoms with E-state index in [-0.39, 0.29) is 17.8 Å². The predicted molar refractivity (Wildman–Crippen MR) is 115 cm³/mol. The largest absolute Gasteiger partial charge is 0.348 e. The quantitative estimate of drug-likeness (QED) is 0.534. The summed E-state index contributed by atoms with van der Waals surface area (Å²) < 4.78 is 17.0. The number of rotatable bonds is 5. The first-order chi connectivity index (χ1) is 15.1. The second-order valence-electron chi connectivity index (χ2n) is 7.50. The van der Waals surface area contributed by atoms with Crippen molar-refractivity contribution in [2.24, 2.45) is 0 Å². The van der Waals surface area contributed by atoms with E-state index in [1.165, 1.54) is 12.3 Å². The molecule has 8 nitrogen and oxygen atoms in total. The number of carbonyl (C=O) groups excluding carboxylic acids is 1. The highest BCUT2D eigenvalue weighted by Crippen LogP contribution is 2.35. The first-order valence-electron chi connectivity index (χ1n) is 10.3. The molecule has 1 atom stereocenters. The van der Waals surface area contributed by atoms with E-state index < -0.39 is 0 Å². The van der Waals surface area contributed by atoms with E-state index in [1.54, 1.807) is 33.6 Å². The summed E-state index contributed by atoms with van der Waals surface area (Å²) in [5.41, 5.74) is 1.84. The van der Waals surface area contributed by atoms with Crippen LogP contribution in [-0.2, 0) is 6.54 Å². The molecule has 1 aromatic carbocycles. The van der Waals surface area contributed by atoms with Gasteiger partial charge in [0.1, 0.15) is 17.5 Å². The third-order valence-corrected chi connectivity index (χ3v) is 5.62. The highest BCUT2D eigenvalue weighted by atomic mass is 19.1. The van der Waals surface area contributed by atoms with Crippen molar-refractivity contribution in [3.8, 4) is 0 Å². The van der Waals surface area contributed by atoms with Gasteiger partial charge in [0.25, 0.3) is 5.91 Å². The zero-order valence-corrected chi connectivity index (χ0v) is 17.1. The molecule has 0 spiro atoms. The highest BCUT2D eigenvalue weighted by Gasteiger charge is 2.28. The number of aryl methyl sites for hydroxylation is 1. The van der Waals surface area contributed by atoms with Crippen molar-refractivity contribution in [3.63, 3.8) is 0 Å². The van der Waals surface area contributed by atoms with Crippen molar-refractivity contribution in [3.05, 3.63) is 71.9 Å². The molecule has 1 saturated heterocycles. The lowest BCUT2D eigenvalue weighted by atomic mass is 10.0. The van der Waals surface area contributed by atoms with Crippen LogP contribution in [0.1, 0.15) is 41.9 Å². The van der Waals surface area contributed by atoms with E-state index >= 15 is 0 Å². The molecule has 0 radical (unpaired) electrons. The number of nitrogens with one attached hydrogen (secondary N) is 1. The minimum atomic E-state index is -0.310. The van der Waals surface area contributed by atoms with Crippen LogP contribution in [0.5, 0.6) is 0 Å². The molecular formula is C22H22FN7O. The van der Waals surface area contributed by atoms with Crippen molar-refractivity contribution in [1.29, 1.82) is 0 Å². The van der Waals surface area contributed by atoms with Crippen LogP contribution in [0.3, 0.4) is 0 Å². The second-order valence-corrected chi connectivity index (χ2v) is 7.50. The van der Waals surface area contributed by atoms with Gasteiger partial charge in [0.05, 0.1) is 18.4 Å². The van der Waals surface area contributed by atoms with Crippen LogP contribution >= 0.6 is 0 Å². The van der Waals surface area contributed by atoms with Gasteiger partial charge in [-0.05, 0) is 49.6 Å². The number of hydrogen-bond donors (Lipinski definition) is 1. The molecule has 1 amide bonds. The number of anilines is 2. The summed E-state index contributed by atoms with van der Waals surface area (Å²) in [7, 11) is 0. The van der Waals surface area contributed by atoms with Gasteiger partial charge in [0, 0.05) is 19.2 Å². The zero-order chi connectivity index (χ0) is 21.4. The van der Waals surface area contributed by atoms with E-state index in [1.807, 2.05) is 25.1 Å². The molecule has 9 heteroatoms. The molecule has 1 fully saturated rings. The van der Waals surface area contributed by atoms with Gasteiger partial charge in [-0.1, -0.05) is 12.1 Å². The van der Waals surface area contributed by atoms with Crippen molar-refractivity contribution in [2.75, 3.05) is 16.8 Å².